The first-order chi connectivity index (χ1) is 22.3. The fourth-order valence-electron chi connectivity index (χ4n) is 4.93. The summed E-state index contributed by atoms with van der Waals surface area (Å²) in [6.45, 7) is 3.85. The number of unbranched alkanes of at least 4 members (excludes halogenated alkanes) is 15. The summed E-state index contributed by atoms with van der Waals surface area (Å²) in [7, 11) is -4.40. The predicted octanol–water partition coefficient (Wildman–Crippen LogP) is 8.19. The number of hydrogen-bond donors (Lipinski definition) is 5. The van der Waals surface area contributed by atoms with Crippen LogP contribution < -0.4 is 11.1 Å². The van der Waals surface area contributed by atoms with Crippen molar-refractivity contribution in [2.24, 2.45) is 5.73 Å². The van der Waals surface area contributed by atoms with Gasteiger partial charge in [0.1, 0.15) is 0 Å². The quantitative estimate of drug-likeness (QED) is 0.0266. The molecule has 1 amide bonds. The molecule has 0 fully saturated rings. The lowest BCUT2D eigenvalue weighted by Gasteiger charge is -2.24. The molecule has 46 heavy (non-hydrogen) atoms. The van der Waals surface area contributed by atoms with Crippen LogP contribution in [0.5, 0.6) is 0 Å². The summed E-state index contributed by atoms with van der Waals surface area (Å²) >= 11 is 0. The first-order valence-electron chi connectivity index (χ1n) is 18.2. The van der Waals surface area contributed by atoms with E-state index in [1.54, 1.807) is 6.08 Å². The van der Waals surface area contributed by atoms with Crippen LogP contribution in [0.25, 0.3) is 0 Å². The van der Waals surface area contributed by atoms with Gasteiger partial charge in [0.05, 0.1) is 37.9 Å². The Balaban J connectivity index is 4.55. The molecule has 0 bridgehead atoms. The molecular weight excluding hydrogens is 603 g/mol. The molecule has 4 atom stereocenters. The monoisotopic (exact) mass is 672 g/mol. The van der Waals surface area contributed by atoms with Gasteiger partial charge >= 0.3 is 7.82 Å². The van der Waals surface area contributed by atoms with Crippen molar-refractivity contribution in [1.82, 2.24) is 5.32 Å². The van der Waals surface area contributed by atoms with Gasteiger partial charge in [-0.05, 0) is 51.4 Å². The molecule has 0 aromatic carbocycles. The highest BCUT2D eigenvalue weighted by Gasteiger charge is 2.27. The highest BCUT2D eigenvalue weighted by Crippen LogP contribution is 2.43. The number of rotatable bonds is 33. The minimum Gasteiger partial charge on any atom is -0.393 e. The molecule has 10 heteroatoms. The lowest BCUT2D eigenvalue weighted by Crippen LogP contribution is -2.46. The number of nitrogens with two attached hydrogens (primary N) is 1. The van der Waals surface area contributed by atoms with Crippen LogP contribution in [0.1, 0.15) is 149 Å². The zero-order valence-corrected chi connectivity index (χ0v) is 30.1. The number of aliphatic hydroxyl groups is 2. The molecule has 0 aliphatic heterocycles. The predicted molar refractivity (Wildman–Crippen MR) is 190 cm³/mol. The first-order valence-corrected chi connectivity index (χ1v) is 19.7. The Labute approximate surface area is 281 Å². The molecule has 0 spiro atoms. The Kier molecular flexibility index (Phi) is 31.3. The summed E-state index contributed by atoms with van der Waals surface area (Å²) in [4.78, 5) is 22.6. The molecular formula is C36H69N2O7P. The number of carbonyl (C=O) groups is 1. The molecule has 0 rings (SSSR count). The molecule has 0 aliphatic rings. The molecule has 0 saturated heterocycles. The zero-order chi connectivity index (χ0) is 34.1. The minimum atomic E-state index is -4.40. The van der Waals surface area contributed by atoms with Crippen molar-refractivity contribution in [2.75, 3.05) is 19.8 Å². The van der Waals surface area contributed by atoms with Gasteiger partial charge in [0, 0.05) is 6.54 Å². The van der Waals surface area contributed by atoms with Crippen LogP contribution in [0.3, 0.4) is 0 Å². The van der Waals surface area contributed by atoms with Crippen LogP contribution >= 0.6 is 7.82 Å². The van der Waals surface area contributed by atoms with Crippen molar-refractivity contribution < 1.29 is 33.5 Å². The third-order valence-electron chi connectivity index (χ3n) is 7.74. The van der Waals surface area contributed by atoms with Crippen molar-refractivity contribution >= 4 is 13.7 Å². The van der Waals surface area contributed by atoms with Crippen LogP contribution in [-0.2, 0) is 18.4 Å². The molecule has 9 nitrogen and oxygen atoms in total. The standard InChI is InChI=1S/C36H69N2O7P/c1-3-5-7-9-11-13-14-15-16-17-18-20-22-24-26-28-35(40)34(32-45-46(42,43)44-30-29-37)38-36(41)31-33(39)27-25-23-21-19-12-10-8-6-4-2/h10,12,18,20,26,28,33-35,39-40H,3-9,11,13-17,19,21-25,27,29-32,37H2,1-2H3,(H,38,41)(H,42,43)/b12-10-,20-18+,28-26+. The van der Waals surface area contributed by atoms with Crippen molar-refractivity contribution in [2.45, 2.75) is 167 Å². The van der Waals surface area contributed by atoms with E-state index in [0.29, 0.717) is 12.8 Å². The fourth-order valence-corrected chi connectivity index (χ4v) is 5.69. The average Bonchev–Trinajstić information content (AvgIpc) is 3.03. The Bertz CT molecular complexity index is 837. The smallest absolute Gasteiger partial charge is 0.393 e. The van der Waals surface area contributed by atoms with E-state index in [1.807, 2.05) is 6.08 Å². The van der Waals surface area contributed by atoms with Crippen molar-refractivity contribution in [3.8, 4) is 0 Å². The van der Waals surface area contributed by atoms with E-state index in [4.69, 9.17) is 14.8 Å². The molecule has 270 valence electrons. The highest BCUT2D eigenvalue weighted by atomic mass is 31.2. The first kappa shape index (κ1) is 44.7. The van der Waals surface area contributed by atoms with Crippen LogP contribution in [0.2, 0.25) is 0 Å². The third-order valence-corrected chi connectivity index (χ3v) is 8.73. The second-order valence-corrected chi connectivity index (χ2v) is 13.7. The second-order valence-electron chi connectivity index (χ2n) is 12.3. The van der Waals surface area contributed by atoms with Gasteiger partial charge in [-0.15, -0.1) is 0 Å². The Hall–Kier alpha value is -1.32. The number of amides is 1. The Morgan fingerprint density at radius 3 is 1.87 bits per heavy atom. The van der Waals surface area contributed by atoms with E-state index < -0.39 is 38.6 Å². The molecule has 0 aromatic heterocycles. The normalized spacial score (nSPS) is 15.5. The third kappa shape index (κ3) is 30.0. The molecule has 0 aromatic rings. The van der Waals surface area contributed by atoms with Crippen molar-refractivity contribution in [3.63, 3.8) is 0 Å². The molecule has 0 saturated carbocycles. The van der Waals surface area contributed by atoms with Crippen LogP contribution in [0.4, 0.5) is 0 Å². The van der Waals surface area contributed by atoms with E-state index in [1.165, 1.54) is 70.6 Å². The van der Waals surface area contributed by atoms with Gasteiger partial charge in [0.15, 0.2) is 0 Å². The molecule has 6 N–H and O–H groups in total. The topological polar surface area (TPSA) is 151 Å². The maximum Gasteiger partial charge on any atom is 0.472 e. The van der Waals surface area contributed by atoms with Crippen molar-refractivity contribution in [3.05, 3.63) is 36.5 Å². The maximum absolute atomic E-state index is 12.7. The summed E-state index contributed by atoms with van der Waals surface area (Å²) in [5.41, 5.74) is 5.33. The van der Waals surface area contributed by atoms with Gasteiger partial charge in [0.25, 0.3) is 0 Å². The molecule has 0 heterocycles. The van der Waals surface area contributed by atoms with E-state index in [2.05, 4.69) is 43.5 Å². The summed E-state index contributed by atoms with van der Waals surface area (Å²) in [5, 5.41) is 23.8. The number of hydrogen-bond acceptors (Lipinski definition) is 7. The summed E-state index contributed by atoms with van der Waals surface area (Å²) in [6.07, 6.45) is 32.4. The van der Waals surface area contributed by atoms with Gasteiger partial charge in [-0.2, -0.15) is 0 Å². The minimum absolute atomic E-state index is 0.0423. The summed E-state index contributed by atoms with van der Waals surface area (Å²) in [6, 6.07) is -1.00. The van der Waals surface area contributed by atoms with Gasteiger partial charge in [-0.3, -0.25) is 13.8 Å². The number of phosphoric ester groups is 1. The number of allylic oxidation sites excluding steroid dienone is 5. The number of nitrogens with one attached hydrogen (secondary N) is 1. The van der Waals surface area contributed by atoms with Crippen LogP contribution in [-0.4, -0.2) is 59.0 Å². The average molecular weight is 673 g/mol. The van der Waals surface area contributed by atoms with E-state index >= 15 is 0 Å². The zero-order valence-electron chi connectivity index (χ0n) is 29.2. The molecule has 0 aliphatic carbocycles. The highest BCUT2D eigenvalue weighted by molar-refractivity contribution is 7.47. The van der Waals surface area contributed by atoms with Crippen molar-refractivity contribution in [1.29, 1.82) is 0 Å². The number of aliphatic hydroxyl groups excluding tert-OH is 2. The van der Waals surface area contributed by atoms with Gasteiger partial charge in [-0.25, -0.2) is 4.57 Å². The lowest BCUT2D eigenvalue weighted by molar-refractivity contribution is -0.124. The van der Waals surface area contributed by atoms with E-state index in [-0.39, 0.29) is 19.6 Å². The number of carbonyl (C=O) groups excluding carboxylic acids is 1. The maximum atomic E-state index is 12.7. The summed E-state index contributed by atoms with van der Waals surface area (Å²) < 4.78 is 21.9. The fraction of sp³-hybridized carbons (Fsp3) is 0.806. The van der Waals surface area contributed by atoms with Crippen LogP contribution in [0.15, 0.2) is 36.5 Å². The summed E-state index contributed by atoms with van der Waals surface area (Å²) in [5.74, 6) is -0.470. The Morgan fingerprint density at radius 1 is 0.739 bits per heavy atom. The van der Waals surface area contributed by atoms with Gasteiger partial charge in [0.2, 0.25) is 5.91 Å². The molecule has 0 radical (unpaired) electrons. The van der Waals surface area contributed by atoms with E-state index in [0.717, 1.165) is 44.9 Å². The lowest BCUT2D eigenvalue weighted by atomic mass is 10.1. The van der Waals surface area contributed by atoms with Gasteiger partial charge < -0.3 is 26.2 Å². The van der Waals surface area contributed by atoms with Crippen LogP contribution in [0, 0.1) is 0 Å². The SMILES string of the molecule is CCCC/C=C\CCCCCC(O)CC(=O)NC(COP(=O)(O)OCCN)C(O)/C=C/CC/C=C/CCCCCCCCCCC. The second kappa shape index (κ2) is 32.2. The Morgan fingerprint density at radius 2 is 1.26 bits per heavy atom. The molecule has 4 unspecified atom stereocenters. The van der Waals surface area contributed by atoms with Gasteiger partial charge in [-0.1, -0.05) is 127 Å². The van der Waals surface area contributed by atoms with E-state index in [9.17, 15) is 24.5 Å². The largest absolute Gasteiger partial charge is 0.472 e. The number of phosphoric acid groups is 1.